The molecule has 1 fully saturated rings. The van der Waals surface area contributed by atoms with Crippen molar-refractivity contribution < 1.29 is 22.0 Å². The fourth-order valence-electron chi connectivity index (χ4n) is 2.94. The van der Waals surface area contributed by atoms with Gasteiger partial charge in [0.15, 0.2) is 16.5 Å². The van der Waals surface area contributed by atoms with Gasteiger partial charge in [-0.1, -0.05) is 0 Å². The van der Waals surface area contributed by atoms with Crippen molar-refractivity contribution in [1.82, 2.24) is 15.0 Å². The number of rotatable bonds is 3. The lowest BCUT2D eigenvalue weighted by Crippen LogP contribution is -2.25. The Labute approximate surface area is 145 Å². The Morgan fingerprint density at radius 1 is 1.16 bits per heavy atom. The lowest BCUT2D eigenvalue weighted by atomic mass is 9.84. The molecule has 9 heteroatoms. The molecule has 0 aromatic carbocycles. The molecule has 3 nitrogen and oxygen atoms in total. The Morgan fingerprint density at radius 2 is 1.84 bits per heavy atom. The summed E-state index contributed by atoms with van der Waals surface area (Å²) in [5, 5.41) is 1.04. The minimum absolute atomic E-state index is 0.101. The average molecular weight is 377 g/mol. The van der Waals surface area contributed by atoms with Crippen LogP contribution in [0.15, 0.2) is 11.4 Å². The van der Waals surface area contributed by atoms with Crippen molar-refractivity contribution in [2.75, 3.05) is 0 Å². The average Bonchev–Trinajstić information content (AvgIpc) is 2.99. The molecular formula is C16H16F5N3S. The zero-order valence-corrected chi connectivity index (χ0v) is 14.2. The van der Waals surface area contributed by atoms with E-state index >= 15 is 0 Å². The van der Waals surface area contributed by atoms with Gasteiger partial charge in [0, 0.05) is 29.6 Å². The van der Waals surface area contributed by atoms with E-state index in [1.807, 2.05) is 0 Å². The second kappa shape index (κ2) is 6.59. The van der Waals surface area contributed by atoms with Crippen molar-refractivity contribution in [3.63, 3.8) is 0 Å². The molecule has 0 atom stereocenters. The van der Waals surface area contributed by atoms with Crippen LogP contribution in [0.5, 0.6) is 0 Å². The Bertz CT molecular complexity index is 746. The quantitative estimate of drug-likeness (QED) is 0.682. The van der Waals surface area contributed by atoms with Gasteiger partial charge in [-0.3, -0.25) is 0 Å². The van der Waals surface area contributed by atoms with Gasteiger partial charge >= 0.3 is 6.18 Å². The number of aromatic nitrogens is 3. The lowest BCUT2D eigenvalue weighted by Gasteiger charge is -2.28. The summed E-state index contributed by atoms with van der Waals surface area (Å²) in [5.74, 6) is -2.33. The molecule has 0 bridgehead atoms. The first-order chi connectivity index (χ1) is 11.6. The van der Waals surface area contributed by atoms with Gasteiger partial charge in [-0.25, -0.2) is 23.7 Å². The van der Waals surface area contributed by atoms with E-state index in [4.69, 9.17) is 0 Å². The molecule has 0 unspecified atom stereocenters. The van der Waals surface area contributed by atoms with Crippen LogP contribution in [0.3, 0.4) is 0 Å². The van der Waals surface area contributed by atoms with Crippen LogP contribution in [0, 0.1) is 12.8 Å². The molecule has 1 aliphatic carbocycles. The zero-order chi connectivity index (χ0) is 18.2. The molecule has 0 N–H and O–H groups in total. The first-order valence-electron chi connectivity index (χ1n) is 7.88. The number of nitrogens with zero attached hydrogens (tertiary/aromatic N) is 3. The van der Waals surface area contributed by atoms with E-state index in [1.165, 1.54) is 0 Å². The Kier molecular flexibility index (Phi) is 4.78. The summed E-state index contributed by atoms with van der Waals surface area (Å²) in [4.78, 5) is 12.0. The van der Waals surface area contributed by atoms with Crippen molar-refractivity contribution in [2.24, 2.45) is 5.92 Å². The monoisotopic (exact) mass is 377 g/mol. The summed E-state index contributed by atoms with van der Waals surface area (Å²) in [6.07, 6.45) is -3.41. The number of alkyl halides is 5. The van der Waals surface area contributed by atoms with E-state index < -0.39 is 17.8 Å². The maximum absolute atomic E-state index is 13.2. The predicted octanol–water partition coefficient (Wildman–Crippen LogP) is 5.30. The van der Waals surface area contributed by atoms with E-state index in [0.29, 0.717) is 30.7 Å². The predicted molar refractivity (Wildman–Crippen MR) is 83.5 cm³/mol. The number of halogens is 5. The topological polar surface area (TPSA) is 38.7 Å². The van der Waals surface area contributed by atoms with E-state index in [9.17, 15) is 22.0 Å². The highest BCUT2D eigenvalue weighted by Gasteiger charge is 2.35. The molecular weight excluding hydrogens is 361 g/mol. The van der Waals surface area contributed by atoms with E-state index in [-0.39, 0.29) is 29.6 Å². The van der Waals surface area contributed by atoms with Crippen molar-refractivity contribution in [3.05, 3.63) is 28.5 Å². The minimum atomic E-state index is -4.51. The van der Waals surface area contributed by atoms with Gasteiger partial charge in [-0.2, -0.15) is 13.2 Å². The van der Waals surface area contributed by atoms with E-state index in [0.717, 1.165) is 16.7 Å². The van der Waals surface area contributed by atoms with Gasteiger partial charge in [0.2, 0.25) is 5.92 Å². The molecule has 1 aliphatic rings. The fourth-order valence-corrected chi connectivity index (χ4v) is 3.70. The van der Waals surface area contributed by atoms with Crippen LogP contribution in [0.1, 0.15) is 42.8 Å². The summed E-state index contributed by atoms with van der Waals surface area (Å²) in [6, 6.07) is 1.74. The van der Waals surface area contributed by atoms with Crippen molar-refractivity contribution in [1.29, 1.82) is 0 Å². The summed E-state index contributed by atoms with van der Waals surface area (Å²) >= 11 is 0.837. The number of thiazole rings is 1. The summed E-state index contributed by atoms with van der Waals surface area (Å²) in [6.45, 7) is 1.72. The van der Waals surface area contributed by atoms with Gasteiger partial charge in [-0.15, -0.1) is 11.3 Å². The van der Waals surface area contributed by atoms with Crippen LogP contribution in [0.2, 0.25) is 0 Å². The van der Waals surface area contributed by atoms with Crippen LogP contribution in [0.4, 0.5) is 22.0 Å². The van der Waals surface area contributed by atoms with Crippen molar-refractivity contribution in [2.45, 2.75) is 51.1 Å². The first kappa shape index (κ1) is 18.2. The second-order valence-corrected chi connectivity index (χ2v) is 7.22. The molecule has 0 aliphatic heterocycles. The minimum Gasteiger partial charge on any atom is -0.231 e. The standard InChI is InChI=1S/C16H16F5N3S/c1-9-6-11(7-10-2-4-15(17,18)5-3-10)23-13(22-9)14-24-12(8-25-14)16(19,20)21/h6,8,10H,2-5,7H2,1H3. The molecule has 0 saturated heterocycles. The Balaban J connectivity index is 1.78. The summed E-state index contributed by atoms with van der Waals surface area (Å²) < 4.78 is 64.5. The largest absolute Gasteiger partial charge is 0.434 e. The van der Waals surface area contributed by atoms with Crippen LogP contribution >= 0.6 is 11.3 Å². The molecule has 0 radical (unpaired) electrons. The molecule has 3 rings (SSSR count). The molecule has 2 aromatic rings. The van der Waals surface area contributed by atoms with Crippen LogP contribution in [-0.2, 0) is 12.6 Å². The van der Waals surface area contributed by atoms with Crippen molar-refractivity contribution >= 4 is 11.3 Å². The Morgan fingerprint density at radius 3 is 2.44 bits per heavy atom. The number of hydrogen-bond acceptors (Lipinski definition) is 4. The zero-order valence-electron chi connectivity index (χ0n) is 13.4. The molecule has 0 amide bonds. The number of hydrogen-bond donors (Lipinski definition) is 0. The van der Waals surface area contributed by atoms with E-state index in [1.54, 1.807) is 13.0 Å². The van der Waals surface area contributed by atoms with Crippen LogP contribution < -0.4 is 0 Å². The van der Waals surface area contributed by atoms with Gasteiger partial charge in [0.1, 0.15) is 0 Å². The van der Waals surface area contributed by atoms with Gasteiger partial charge < -0.3 is 0 Å². The highest BCUT2D eigenvalue weighted by Crippen LogP contribution is 2.37. The smallest absolute Gasteiger partial charge is 0.231 e. The van der Waals surface area contributed by atoms with Gasteiger partial charge in [0.25, 0.3) is 0 Å². The van der Waals surface area contributed by atoms with E-state index in [2.05, 4.69) is 15.0 Å². The number of aryl methyl sites for hydroxylation is 1. The molecule has 0 spiro atoms. The maximum Gasteiger partial charge on any atom is 0.434 e. The van der Waals surface area contributed by atoms with Gasteiger partial charge in [0.05, 0.1) is 0 Å². The van der Waals surface area contributed by atoms with Crippen molar-refractivity contribution in [3.8, 4) is 10.8 Å². The highest BCUT2D eigenvalue weighted by atomic mass is 32.1. The van der Waals surface area contributed by atoms with Crippen LogP contribution in [0.25, 0.3) is 10.8 Å². The molecule has 25 heavy (non-hydrogen) atoms. The summed E-state index contributed by atoms with van der Waals surface area (Å²) in [5.41, 5.74) is 0.306. The fraction of sp³-hybridized carbons (Fsp3) is 0.562. The molecule has 1 saturated carbocycles. The normalized spacial score (nSPS) is 18.5. The molecule has 136 valence electrons. The van der Waals surface area contributed by atoms with Crippen LogP contribution in [-0.4, -0.2) is 20.9 Å². The third kappa shape index (κ3) is 4.50. The third-order valence-corrected chi connectivity index (χ3v) is 5.07. The van der Waals surface area contributed by atoms with Gasteiger partial charge in [-0.05, 0) is 38.2 Å². The molecule has 2 heterocycles. The third-order valence-electron chi connectivity index (χ3n) is 4.23. The summed E-state index contributed by atoms with van der Waals surface area (Å²) in [7, 11) is 0. The maximum atomic E-state index is 13.2. The highest BCUT2D eigenvalue weighted by molar-refractivity contribution is 7.13. The Hall–Kier alpha value is -1.64. The second-order valence-electron chi connectivity index (χ2n) is 6.36. The lowest BCUT2D eigenvalue weighted by molar-refractivity contribution is -0.140. The first-order valence-corrected chi connectivity index (χ1v) is 8.76. The SMILES string of the molecule is Cc1cc(CC2CCC(F)(F)CC2)nc(-c2nc(C(F)(F)F)cs2)n1. The molecule has 2 aromatic heterocycles.